The van der Waals surface area contributed by atoms with E-state index in [0.29, 0.717) is 18.0 Å². The van der Waals surface area contributed by atoms with E-state index in [9.17, 15) is 8.42 Å². The second kappa shape index (κ2) is 6.75. The van der Waals surface area contributed by atoms with Gasteiger partial charge in [0.25, 0.3) is 0 Å². The molecule has 1 aliphatic rings. The van der Waals surface area contributed by atoms with Gasteiger partial charge in [0, 0.05) is 18.0 Å². The van der Waals surface area contributed by atoms with Crippen LogP contribution in [-0.4, -0.2) is 47.0 Å². The monoisotopic (exact) mass is 331 g/mol. The molecule has 0 saturated carbocycles. The van der Waals surface area contributed by atoms with E-state index in [1.54, 1.807) is 6.07 Å². The van der Waals surface area contributed by atoms with Gasteiger partial charge in [-0.05, 0) is 56.9 Å². The average Bonchev–Trinajstić information content (AvgIpc) is 2.90. The maximum Gasteiger partial charge on any atom is 0.241 e. The second-order valence-electron chi connectivity index (χ2n) is 6.18. The second-order valence-corrected chi connectivity index (χ2v) is 8.91. The highest BCUT2D eigenvalue weighted by atomic mass is 32.2. The maximum atomic E-state index is 12.5. The number of thiophene rings is 1. The zero-order chi connectivity index (χ0) is 15.5. The quantitative estimate of drug-likeness (QED) is 0.829. The largest absolute Gasteiger partial charge is 0.315 e. The van der Waals surface area contributed by atoms with Gasteiger partial charge in [-0.1, -0.05) is 6.92 Å². The summed E-state index contributed by atoms with van der Waals surface area (Å²) in [6, 6.07) is 1.69. The molecule has 0 aliphatic carbocycles. The molecule has 7 heteroatoms. The summed E-state index contributed by atoms with van der Waals surface area (Å²) in [6.07, 6.45) is 2.05. The molecule has 0 unspecified atom stereocenters. The van der Waals surface area contributed by atoms with Crippen LogP contribution >= 0.6 is 11.3 Å². The van der Waals surface area contributed by atoms with E-state index in [-0.39, 0.29) is 5.41 Å². The Morgan fingerprint density at radius 2 is 2.05 bits per heavy atom. The SMILES string of the molecule is CNCc1sccc1S(=O)(=O)NCC1(C)CCN(C)CC1. The van der Waals surface area contributed by atoms with Gasteiger partial charge in [0.2, 0.25) is 10.0 Å². The summed E-state index contributed by atoms with van der Waals surface area (Å²) < 4.78 is 27.8. The van der Waals surface area contributed by atoms with Crippen molar-refractivity contribution in [1.82, 2.24) is 14.9 Å². The molecule has 2 N–H and O–H groups in total. The number of likely N-dealkylation sites (tertiary alicyclic amines) is 1. The lowest BCUT2D eigenvalue weighted by atomic mass is 9.81. The lowest BCUT2D eigenvalue weighted by molar-refractivity contribution is 0.143. The number of piperidine rings is 1. The predicted octanol–water partition coefficient (Wildman–Crippen LogP) is 1.48. The van der Waals surface area contributed by atoms with E-state index in [1.165, 1.54) is 11.3 Å². The van der Waals surface area contributed by atoms with Crippen molar-refractivity contribution in [2.24, 2.45) is 5.41 Å². The van der Waals surface area contributed by atoms with Crippen LogP contribution in [0.4, 0.5) is 0 Å². The number of hydrogen-bond acceptors (Lipinski definition) is 5. The molecule has 1 aromatic rings. The van der Waals surface area contributed by atoms with E-state index >= 15 is 0 Å². The fourth-order valence-electron chi connectivity index (χ4n) is 2.54. The summed E-state index contributed by atoms with van der Waals surface area (Å²) >= 11 is 1.47. The first-order chi connectivity index (χ1) is 9.86. The third kappa shape index (κ3) is 4.26. The van der Waals surface area contributed by atoms with Crippen LogP contribution in [0.25, 0.3) is 0 Å². The van der Waals surface area contributed by atoms with Gasteiger partial charge in [0.15, 0.2) is 0 Å². The highest BCUT2D eigenvalue weighted by molar-refractivity contribution is 7.89. The number of nitrogens with one attached hydrogen (secondary N) is 2. The Hall–Kier alpha value is -0.470. The molecule has 0 bridgehead atoms. The molecule has 0 radical (unpaired) electrons. The summed E-state index contributed by atoms with van der Waals surface area (Å²) in [5.74, 6) is 0. The van der Waals surface area contributed by atoms with Crippen LogP contribution in [0.15, 0.2) is 16.3 Å². The minimum absolute atomic E-state index is 0.0543. The van der Waals surface area contributed by atoms with Gasteiger partial charge in [-0.2, -0.15) is 0 Å². The van der Waals surface area contributed by atoms with Gasteiger partial charge in [-0.15, -0.1) is 11.3 Å². The van der Waals surface area contributed by atoms with Crippen molar-refractivity contribution in [3.63, 3.8) is 0 Å². The summed E-state index contributed by atoms with van der Waals surface area (Å²) in [5, 5.41) is 4.84. The third-order valence-electron chi connectivity index (χ3n) is 4.21. The standard InChI is InChI=1S/C14H25N3O2S2/c1-14(5-7-17(3)8-6-14)11-16-21(18,19)13-4-9-20-12(13)10-15-2/h4,9,15-16H,5-8,10-11H2,1-3H3. The Labute approximate surface area is 131 Å². The third-order valence-corrected chi connectivity index (χ3v) is 6.75. The van der Waals surface area contributed by atoms with Crippen LogP contribution in [0.2, 0.25) is 0 Å². The molecule has 0 atom stereocenters. The normalized spacial score (nSPS) is 19.8. The van der Waals surface area contributed by atoms with Gasteiger partial charge in [-0.25, -0.2) is 13.1 Å². The molecule has 21 heavy (non-hydrogen) atoms. The van der Waals surface area contributed by atoms with Crippen molar-refractivity contribution in [1.29, 1.82) is 0 Å². The highest BCUT2D eigenvalue weighted by Gasteiger charge is 2.31. The zero-order valence-corrected chi connectivity index (χ0v) is 14.6. The van der Waals surface area contributed by atoms with Crippen molar-refractivity contribution >= 4 is 21.4 Å². The molecule has 2 heterocycles. The molecule has 2 rings (SSSR count). The van der Waals surface area contributed by atoms with E-state index in [0.717, 1.165) is 30.8 Å². The number of rotatable bonds is 6. The summed E-state index contributed by atoms with van der Waals surface area (Å²) in [6.45, 7) is 5.32. The van der Waals surface area contributed by atoms with Crippen LogP contribution in [-0.2, 0) is 16.6 Å². The minimum Gasteiger partial charge on any atom is -0.315 e. The smallest absolute Gasteiger partial charge is 0.241 e. The lowest BCUT2D eigenvalue weighted by Crippen LogP contribution is -2.43. The van der Waals surface area contributed by atoms with Crippen LogP contribution in [0, 0.1) is 5.41 Å². The molecule has 1 aliphatic heterocycles. The van der Waals surface area contributed by atoms with E-state index < -0.39 is 10.0 Å². The van der Waals surface area contributed by atoms with Crippen LogP contribution in [0.5, 0.6) is 0 Å². The number of sulfonamides is 1. The first kappa shape index (κ1) is 16.9. The Morgan fingerprint density at radius 3 is 2.67 bits per heavy atom. The summed E-state index contributed by atoms with van der Waals surface area (Å²) in [4.78, 5) is 3.57. The zero-order valence-electron chi connectivity index (χ0n) is 13.0. The van der Waals surface area contributed by atoms with Crippen LogP contribution in [0.3, 0.4) is 0 Å². The lowest BCUT2D eigenvalue weighted by Gasteiger charge is -2.37. The van der Waals surface area contributed by atoms with Crippen molar-refractivity contribution in [2.45, 2.75) is 31.2 Å². The first-order valence-corrected chi connectivity index (χ1v) is 9.62. The Balaban J connectivity index is 2.02. The number of nitrogens with zero attached hydrogens (tertiary/aromatic N) is 1. The molecule has 0 spiro atoms. The van der Waals surface area contributed by atoms with Crippen molar-refractivity contribution in [3.05, 3.63) is 16.3 Å². The molecule has 1 aromatic heterocycles. The van der Waals surface area contributed by atoms with Gasteiger partial charge in [-0.3, -0.25) is 0 Å². The van der Waals surface area contributed by atoms with Gasteiger partial charge < -0.3 is 10.2 Å². The molecule has 1 saturated heterocycles. The molecule has 120 valence electrons. The Kier molecular flexibility index (Phi) is 5.43. The van der Waals surface area contributed by atoms with Crippen LogP contribution < -0.4 is 10.0 Å². The van der Waals surface area contributed by atoms with Gasteiger partial charge in [0.1, 0.15) is 0 Å². The highest BCUT2D eigenvalue weighted by Crippen LogP contribution is 2.30. The molecule has 0 amide bonds. The van der Waals surface area contributed by atoms with Gasteiger partial charge >= 0.3 is 0 Å². The van der Waals surface area contributed by atoms with E-state index in [2.05, 4.69) is 28.9 Å². The van der Waals surface area contributed by atoms with Crippen molar-refractivity contribution in [3.8, 4) is 0 Å². The first-order valence-electron chi connectivity index (χ1n) is 7.25. The van der Waals surface area contributed by atoms with E-state index in [1.807, 2.05) is 12.4 Å². The van der Waals surface area contributed by atoms with Crippen molar-refractivity contribution < 1.29 is 8.42 Å². The van der Waals surface area contributed by atoms with Gasteiger partial charge in [0.05, 0.1) is 4.90 Å². The Bertz CT molecular complexity index is 561. The number of hydrogen-bond donors (Lipinski definition) is 2. The molecule has 1 fully saturated rings. The minimum atomic E-state index is -3.41. The Morgan fingerprint density at radius 1 is 1.38 bits per heavy atom. The average molecular weight is 332 g/mol. The van der Waals surface area contributed by atoms with E-state index in [4.69, 9.17) is 0 Å². The predicted molar refractivity (Wildman–Crippen MR) is 87.1 cm³/mol. The summed E-state index contributed by atoms with van der Waals surface area (Å²) in [7, 11) is 0.519. The molecule has 5 nitrogen and oxygen atoms in total. The van der Waals surface area contributed by atoms with Crippen LogP contribution in [0.1, 0.15) is 24.6 Å². The summed E-state index contributed by atoms with van der Waals surface area (Å²) in [5.41, 5.74) is 0.0543. The van der Waals surface area contributed by atoms with Crippen molar-refractivity contribution in [2.75, 3.05) is 33.7 Å². The molecular weight excluding hydrogens is 306 g/mol. The fourth-order valence-corrected chi connectivity index (χ4v) is 5.19. The fraction of sp³-hybridized carbons (Fsp3) is 0.714. The maximum absolute atomic E-state index is 12.5. The topological polar surface area (TPSA) is 61.4 Å². The molecule has 0 aromatic carbocycles. The molecular formula is C14H25N3O2S2.